The number of nitrogens with one attached hydrogen (secondary N) is 1. The van der Waals surface area contributed by atoms with Gasteiger partial charge < -0.3 is 26.2 Å². The van der Waals surface area contributed by atoms with E-state index < -0.39 is 18.1 Å². The summed E-state index contributed by atoms with van der Waals surface area (Å²) in [5.41, 5.74) is 7.70. The van der Waals surface area contributed by atoms with Crippen LogP contribution in [0.25, 0.3) is 0 Å². The third-order valence-electron chi connectivity index (χ3n) is 4.96. The zero-order chi connectivity index (χ0) is 20.8. The minimum atomic E-state index is -0.965. The molecule has 1 aromatic carbocycles. The van der Waals surface area contributed by atoms with Crippen molar-refractivity contribution in [3.05, 3.63) is 41.7 Å². The number of nitrogens with two attached hydrogens (primary N) is 1. The highest BCUT2D eigenvalue weighted by molar-refractivity contribution is 5.81. The minimum absolute atomic E-state index is 0.133. The number of phenolic OH excluding ortho intramolecular Hbond substituents is 1. The summed E-state index contributed by atoms with van der Waals surface area (Å²) in [6.07, 6.45) is 2.10. The number of nitrogens with zero attached hydrogens (tertiary/aromatic N) is 4. The summed E-state index contributed by atoms with van der Waals surface area (Å²) in [6.45, 7) is 2.56. The van der Waals surface area contributed by atoms with E-state index in [-0.39, 0.29) is 24.5 Å². The molecule has 1 aliphatic heterocycles. The molecular formula is C19H26N6O4. The van der Waals surface area contributed by atoms with E-state index in [4.69, 9.17) is 10.8 Å². The maximum atomic E-state index is 13.0. The van der Waals surface area contributed by atoms with E-state index in [1.807, 2.05) is 0 Å². The lowest BCUT2D eigenvalue weighted by molar-refractivity contribution is -0.139. The Balaban J connectivity index is 1.73. The molecule has 1 amide bonds. The van der Waals surface area contributed by atoms with Crippen LogP contribution in [0.2, 0.25) is 0 Å². The number of aromatic hydroxyl groups is 1. The van der Waals surface area contributed by atoms with Crippen LogP contribution in [0.15, 0.2) is 30.5 Å². The van der Waals surface area contributed by atoms with Crippen LogP contribution in [0.1, 0.15) is 36.2 Å². The first-order valence-electron chi connectivity index (χ1n) is 9.60. The first kappa shape index (κ1) is 20.7. The second kappa shape index (κ2) is 9.48. The number of benzene rings is 1. The van der Waals surface area contributed by atoms with Crippen molar-refractivity contribution in [3.8, 4) is 5.75 Å². The molecule has 10 heteroatoms. The molecule has 10 nitrogen and oxygen atoms in total. The lowest BCUT2D eigenvalue weighted by Crippen LogP contribution is -2.48. The summed E-state index contributed by atoms with van der Waals surface area (Å²) in [5.74, 6) is -0.940. The van der Waals surface area contributed by atoms with Crippen LogP contribution in [-0.4, -0.2) is 68.2 Å². The van der Waals surface area contributed by atoms with Gasteiger partial charge in [0.25, 0.3) is 0 Å². The summed E-state index contributed by atoms with van der Waals surface area (Å²) in [5, 5.41) is 29.8. The third-order valence-corrected chi connectivity index (χ3v) is 4.96. The van der Waals surface area contributed by atoms with Crippen molar-refractivity contribution in [1.29, 1.82) is 0 Å². The molecule has 0 aliphatic carbocycles. The van der Waals surface area contributed by atoms with E-state index in [1.165, 1.54) is 4.68 Å². The highest BCUT2D eigenvalue weighted by atomic mass is 16.4. The first-order chi connectivity index (χ1) is 13.9. The summed E-state index contributed by atoms with van der Waals surface area (Å²) in [6, 6.07) is 5.57. The summed E-state index contributed by atoms with van der Waals surface area (Å²) < 4.78 is 1.43. The number of hydrogen-bond donors (Lipinski definition) is 4. The molecule has 29 heavy (non-hydrogen) atoms. The Morgan fingerprint density at radius 1 is 1.21 bits per heavy atom. The van der Waals surface area contributed by atoms with Crippen LogP contribution < -0.4 is 11.1 Å². The number of carbonyl (C=O) groups excluding carboxylic acids is 1. The lowest BCUT2D eigenvalue weighted by Gasteiger charge is -2.30. The van der Waals surface area contributed by atoms with Gasteiger partial charge in [-0.3, -0.25) is 9.59 Å². The van der Waals surface area contributed by atoms with Crippen molar-refractivity contribution < 1.29 is 19.8 Å². The molecule has 1 fully saturated rings. The van der Waals surface area contributed by atoms with E-state index >= 15 is 0 Å². The molecule has 1 saturated heterocycles. The zero-order valence-corrected chi connectivity index (χ0v) is 16.1. The Morgan fingerprint density at radius 3 is 2.55 bits per heavy atom. The fraction of sp³-hybridized carbons (Fsp3) is 0.474. The Kier molecular flexibility index (Phi) is 6.78. The Hall–Kier alpha value is -2.98. The topological polar surface area (TPSA) is 147 Å². The highest BCUT2D eigenvalue weighted by Gasteiger charge is 2.29. The van der Waals surface area contributed by atoms with Gasteiger partial charge >= 0.3 is 5.97 Å². The molecule has 0 saturated carbocycles. The van der Waals surface area contributed by atoms with Crippen LogP contribution in [0.4, 0.5) is 0 Å². The zero-order valence-electron chi connectivity index (χ0n) is 16.1. The maximum Gasteiger partial charge on any atom is 0.303 e. The molecule has 3 rings (SSSR count). The number of phenols is 1. The Bertz CT molecular complexity index is 831. The Morgan fingerprint density at radius 2 is 1.90 bits per heavy atom. The smallest absolute Gasteiger partial charge is 0.303 e. The van der Waals surface area contributed by atoms with Crippen molar-refractivity contribution in [2.75, 3.05) is 26.2 Å². The van der Waals surface area contributed by atoms with Crippen molar-refractivity contribution in [3.63, 3.8) is 0 Å². The molecule has 0 spiro atoms. The SMILES string of the molecule is N[C@@H](Cc1ccc(O)cc1)c1cn([C@@H](CCC(=O)O)C(=O)N2CCNCC2)nn1. The average molecular weight is 402 g/mol. The number of amides is 1. The van der Waals surface area contributed by atoms with E-state index in [9.17, 15) is 14.7 Å². The van der Waals surface area contributed by atoms with E-state index in [0.717, 1.165) is 5.56 Å². The molecule has 2 aromatic rings. The van der Waals surface area contributed by atoms with Crippen LogP contribution >= 0.6 is 0 Å². The molecule has 0 radical (unpaired) electrons. The predicted octanol–water partition coefficient (Wildman–Crippen LogP) is 0.0639. The molecule has 2 atom stereocenters. The molecule has 1 aliphatic rings. The normalized spacial score (nSPS) is 16.4. The molecule has 1 aromatic heterocycles. The Labute approximate surface area is 168 Å². The maximum absolute atomic E-state index is 13.0. The largest absolute Gasteiger partial charge is 0.508 e. The van der Waals surface area contributed by atoms with Crippen molar-refractivity contribution in [1.82, 2.24) is 25.2 Å². The third kappa shape index (κ3) is 5.52. The fourth-order valence-electron chi connectivity index (χ4n) is 3.33. The molecule has 5 N–H and O–H groups in total. The number of aliphatic carboxylic acids is 1. The number of carboxylic acids is 1. The summed E-state index contributed by atoms with van der Waals surface area (Å²) >= 11 is 0. The van der Waals surface area contributed by atoms with Crippen LogP contribution in [0.3, 0.4) is 0 Å². The van der Waals surface area contributed by atoms with Gasteiger partial charge in [0.1, 0.15) is 11.8 Å². The molecule has 156 valence electrons. The van der Waals surface area contributed by atoms with Crippen LogP contribution in [0.5, 0.6) is 5.75 Å². The minimum Gasteiger partial charge on any atom is -0.508 e. The van der Waals surface area contributed by atoms with E-state index in [0.29, 0.717) is 38.3 Å². The van der Waals surface area contributed by atoms with Gasteiger partial charge in [-0.1, -0.05) is 17.3 Å². The summed E-state index contributed by atoms with van der Waals surface area (Å²) in [7, 11) is 0. The van der Waals surface area contributed by atoms with Gasteiger partial charge in [-0.15, -0.1) is 5.10 Å². The van der Waals surface area contributed by atoms with Gasteiger partial charge in [0.05, 0.1) is 17.9 Å². The number of piperazine rings is 1. The predicted molar refractivity (Wildman–Crippen MR) is 104 cm³/mol. The van der Waals surface area contributed by atoms with Gasteiger partial charge in [0.2, 0.25) is 5.91 Å². The monoisotopic (exact) mass is 402 g/mol. The molecule has 2 heterocycles. The number of aromatic nitrogens is 3. The van der Waals surface area contributed by atoms with E-state index in [2.05, 4.69) is 15.6 Å². The highest BCUT2D eigenvalue weighted by Crippen LogP contribution is 2.21. The van der Waals surface area contributed by atoms with Gasteiger partial charge in [-0.05, 0) is 30.5 Å². The van der Waals surface area contributed by atoms with Gasteiger partial charge in [0.15, 0.2) is 0 Å². The van der Waals surface area contributed by atoms with Crippen molar-refractivity contribution in [2.45, 2.75) is 31.3 Å². The second-order valence-corrected chi connectivity index (χ2v) is 7.12. The lowest BCUT2D eigenvalue weighted by atomic mass is 10.0. The fourth-order valence-corrected chi connectivity index (χ4v) is 3.33. The number of carboxylic acid groups (broad SMARTS) is 1. The number of carbonyl (C=O) groups is 2. The molecule has 0 bridgehead atoms. The van der Waals surface area contributed by atoms with Crippen LogP contribution in [-0.2, 0) is 16.0 Å². The first-order valence-corrected chi connectivity index (χ1v) is 9.60. The standard InChI is InChI=1S/C19H26N6O4/c20-15(11-13-1-3-14(26)4-2-13)16-12-25(23-22-16)17(5-6-18(27)28)19(29)24-9-7-21-8-10-24/h1-4,12,15,17,21,26H,5-11,20H2,(H,27,28)/t15-,17-/m0/s1. The van der Waals surface area contributed by atoms with Gasteiger partial charge in [-0.25, -0.2) is 4.68 Å². The van der Waals surface area contributed by atoms with Gasteiger partial charge in [0, 0.05) is 32.6 Å². The average Bonchev–Trinajstić information content (AvgIpc) is 3.20. The molecular weight excluding hydrogens is 376 g/mol. The second-order valence-electron chi connectivity index (χ2n) is 7.12. The van der Waals surface area contributed by atoms with E-state index in [1.54, 1.807) is 35.4 Å². The summed E-state index contributed by atoms with van der Waals surface area (Å²) in [4.78, 5) is 25.8. The van der Waals surface area contributed by atoms with Crippen molar-refractivity contribution in [2.24, 2.45) is 5.73 Å². The number of rotatable bonds is 8. The van der Waals surface area contributed by atoms with Gasteiger partial charge in [-0.2, -0.15) is 0 Å². The quantitative estimate of drug-likeness (QED) is 0.485. The van der Waals surface area contributed by atoms with Crippen molar-refractivity contribution >= 4 is 11.9 Å². The molecule has 0 unspecified atom stereocenters. The number of hydrogen-bond acceptors (Lipinski definition) is 7. The van der Waals surface area contributed by atoms with Crippen LogP contribution in [0, 0.1) is 0 Å².